The first kappa shape index (κ1) is 12.8. The fraction of sp³-hybridized carbons (Fsp3) is 0.167. The fourth-order valence-electron chi connectivity index (χ4n) is 1.45. The molecule has 1 heterocycles. The lowest BCUT2D eigenvalue weighted by Crippen LogP contribution is -2.14. The topological polar surface area (TPSA) is 46.9 Å². The van der Waals surface area contributed by atoms with Gasteiger partial charge in [-0.3, -0.25) is 4.79 Å². The number of hydrogen-bond donors (Lipinski definition) is 1. The van der Waals surface area contributed by atoms with E-state index in [-0.39, 0.29) is 11.7 Å². The van der Waals surface area contributed by atoms with Gasteiger partial charge in [-0.15, -0.1) is 0 Å². The Morgan fingerprint density at radius 2 is 2.33 bits per heavy atom. The lowest BCUT2D eigenvalue weighted by Gasteiger charge is -2.06. The SMILES string of the molecule is O=C(CCn1ccnc1)Nc1ccc(F)c(Br)c1. The third-order valence-corrected chi connectivity index (χ3v) is 2.97. The summed E-state index contributed by atoms with van der Waals surface area (Å²) >= 11 is 3.07. The first-order chi connectivity index (χ1) is 8.65. The Labute approximate surface area is 112 Å². The first-order valence-electron chi connectivity index (χ1n) is 5.36. The molecule has 1 N–H and O–H groups in total. The average Bonchev–Trinajstić information content (AvgIpc) is 2.84. The number of nitrogens with one attached hydrogen (secondary N) is 1. The number of nitrogens with zero attached hydrogens (tertiary/aromatic N) is 2. The van der Waals surface area contributed by atoms with Crippen molar-refractivity contribution in [3.63, 3.8) is 0 Å². The molecule has 6 heteroatoms. The van der Waals surface area contributed by atoms with Gasteiger partial charge < -0.3 is 9.88 Å². The maximum absolute atomic E-state index is 13.0. The predicted octanol–water partition coefficient (Wildman–Crippen LogP) is 2.81. The summed E-state index contributed by atoms with van der Waals surface area (Å²) < 4.78 is 15.1. The van der Waals surface area contributed by atoms with Crippen LogP contribution < -0.4 is 5.32 Å². The molecule has 18 heavy (non-hydrogen) atoms. The second-order valence-electron chi connectivity index (χ2n) is 3.73. The van der Waals surface area contributed by atoms with Crippen LogP contribution in [0.2, 0.25) is 0 Å². The molecular formula is C12H11BrFN3O. The third-order valence-electron chi connectivity index (χ3n) is 2.36. The second-order valence-corrected chi connectivity index (χ2v) is 4.58. The number of carbonyl (C=O) groups excluding carboxylic acids is 1. The van der Waals surface area contributed by atoms with Gasteiger partial charge in [-0.25, -0.2) is 9.37 Å². The number of rotatable bonds is 4. The summed E-state index contributed by atoms with van der Waals surface area (Å²) in [6, 6.07) is 4.36. The van der Waals surface area contributed by atoms with Gasteiger partial charge in [-0.05, 0) is 34.1 Å². The number of hydrogen-bond acceptors (Lipinski definition) is 2. The number of carbonyl (C=O) groups is 1. The first-order valence-corrected chi connectivity index (χ1v) is 6.15. The molecule has 0 aliphatic heterocycles. The lowest BCUT2D eigenvalue weighted by molar-refractivity contribution is -0.116. The van der Waals surface area contributed by atoms with E-state index in [0.717, 1.165) is 0 Å². The Hall–Kier alpha value is -1.69. The monoisotopic (exact) mass is 311 g/mol. The molecule has 0 radical (unpaired) electrons. The number of aromatic nitrogens is 2. The van der Waals surface area contributed by atoms with E-state index < -0.39 is 0 Å². The van der Waals surface area contributed by atoms with Crippen LogP contribution in [0.3, 0.4) is 0 Å². The highest BCUT2D eigenvalue weighted by atomic mass is 79.9. The van der Waals surface area contributed by atoms with Gasteiger partial charge in [0, 0.05) is 31.0 Å². The Morgan fingerprint density at radius 1 is 1.50 bits per heavy atom. The molecule has 0 saturated heterocycles. The van der Waals surface area contributed by atoms with Crippen molar-refractivity contribution >= 4 is 27.5 Å². The van der Waals surface area contributed by atoms with Gasteiger partial charge in [-0.1, -0.05) is 0 Å². The van der Waals surface area contributed by atoms with Gasteiger partial charge in [0.1, 0.15) is 5.82 Å². The summed E-state index contributed by atoms with van der Waals surface area (Å²) in [6.07, 6.45) is 5.45. The van der Waals surface area contributed by atoms with E-state index in [1.165, 1.54) is 18.2 Å². The number of halogens is 2. The van der Waals surface area contributed by atoms with E-state index in [9.17, 15) is 9.18 Å². The number of anilines is 1. The van der Waals surface area contributed by atoms with Crippen LogP contribution in [0.1, 0.15) is 6.42 Å². The molecule has 0 aliphatic rings. The fourth-order valence-corrected chi connectivity index (χ4v) is 1.83. The van der Waals surface area contributed by atoms with E-state index in [1.54, 1.807) is 18.7 Å². The highest BCUT2D eigenvalue weighted by Gasteiger charge is 2.05. The van der Waals surface area contributed by atoms with Crippen LogP contribution in [0.4, 0.5) is 10.1 Å². The molecule has 0 spiro atoms. The Kier molecular flexibility index (Phi) is 4.09. The molecule has 1 aromatic carbocycles. The molecule has 94 valence electrons. The number of aryl methyl sites for hydroxylation is 1. The van der Waals surface area contributed by atoms with Gasteiger partial charge >= 0.3 is 0 Å². The smallest absolute Gasteiger partial charge is 0.226 e. The molecular weight excluding hydrogens is 301 g/mol. The summed E-state index contributed by atoms with van der Waals surface area (Å²) in [5.41, 5.74) is 0.568. The van der Waals surface area contributed by atoms with E-state index >= 15 is 0 Å². The summed E-state index contributed by atoms with van der Waals surface area (Å²) in [7, 11) is 0. The molecule has 1 aromatic heterocycles. The molecule has 2 rings (SSSR count). The minimum absolute atomic E-state index is 0.123. The van der Waals surface area contributed by atoms with Crippen molar-refractivity contribution in [1.82, 2.24) is 9.55 Å². The molecule has 0 bridgehead atoms. The van der Waals surface area contributed by atoms with Crippen molar-refractivity contribution in [2.75, 3.05) is 5.32 Å². The minimum Gasteiger partial charge on any atom is -0.337 e. The van der Waals surface area contributed by atoms with Crippen molar-refractivity contribution in [1.29, 1.82) is 0 Å². The van der Waals surface area contributed by atoms with Crippen LogP contribution in [0.25, 0.3) is 0 Å². The van der Waals surface area contributed by atoms with E-state index in [0.29, 0.717) is 23.1 Å². The maximum Gasteiger partial charge on any atom is 0.226 e. The van der Waals surface area contributed by atoms with Gasteiger partial charge in [0.25, 0.3) is 0 Å². The zero-order valence-electron chi connectivity index (χ0n) is 9.44. The summed E-state index contributed by atoms with van der Waals surface area (Å²) in [6.45, 7) is 0.564. The molecule has 0 atom stereocenters. The Balaban J connectivity index is 1.88. The zero-order chi connectivity index (χ0) is 13.0. The normalized spacial score (nSPS) is 10.3. The van der Waals surface area contributed by atoms with Crippen molar-refractivity contribution < 1.29 is 9.18 Å². The summed E-state index contributed by atoms with van der Waals surface area (Å²) in [5, 5.41) is 2.70. The largest absolute Gasteiger partial charge is 0.337 e. The van der Waals surface area contributed by atoms with E-state index in [1.807, 2.05) is 4.57 Å². The molecule has 0 unspecified atom stereocenters. The third kappa shape index (κ3) is 3.40. The standard InChI is InChI=1S/C12H11BrFN3O/c13-10-7-9(1-2-11(10)14)16-12(18)3-5-17-6-4-15-8-17/h1-2,4,6-8H,3,5H2,(H,16,18). The van der Waals surface area contributed by atoms with E-state index in [2.05, 4.69) is 26.2 Å². The van der Waals surface area contributed by atoms with Crippen molar-refractivity contribution in [2.24, 2.45) is 0 Å². The Bertz CT molecular complexity index is 542. The van der Waals surface area contributed by atoms with Crippen LogP contribution >= 0.6 is 15.9 Å². The molecule has 2 aromatic rings. The molecule has 1 amide bonds. The molecule has 0 saturated carbocycles. The quantitative estimate of drug-likeness (QED) is 0.943. The van der Waals surface area contributed by atoms with Crippen molar-refractivity contribution in [3.05, 3.63) is 47.2 Å². The van der Waals surface area contributed by atoms with Gasteiger partial charge in [0.15, 0.2) is 0 Å². The maximum atomic E-state index is 13.0. The molecule has 0 aliphatic carbocycles. The molecule has 0 fully saturated rings. The second kappa shape index (κ2) is 5.77. The highest BCUT2D eigenvalue weighted by Crippen LogP contribution is 2.20. The summed E-state index contributed by atoms with van der Waals surface area (Å²) in [5.74, 6) is -0.478. The highest BCUT2D eigenvalue weighted by molar-refractivity contribution is 9.10. The van der Waals surface area contributed by atoms with Crippen LogP contribution in [-0.4, -0.2) is 15.5 Å². The van der Waals surface area contributed by atoms with E-state index in [4.69, 9.17) is 0 Å². The number of benzene rings is 1. The van der Waals surface area contributed by atoms with Gasteiger partial charge in [0.05, 0.1) is 10.8 Å². The zero-order valence-corrected chi connectivity index (χ0v) is 11.0. The van der Waals surface area contributed by atoms with Gasteiger partial charge in [0.2, 0.25) is 5.91 Å². The van der Waals surface area contributed by atoms with Crippen LogP contribution in [0.5, 0.6) is 0 Å². The summed E-state index contributed by atoms with van der Waals surface area (Å²) in [4.78, 5) is 15.5. The average molecular weight is 312 g/mol. The van der Waals surface area contributed by atoms with Crippen molar-refractivity contribution in [2.45, 2.75) is 13.0 Å². The minimum atomic E-state index is -0.355. The van der Waals surface area contributed by atoms with Crippen LogP contribution in [0, 0.1) is 5.82 Å². The van der Waals surface area contributed by atoms with Crippen LogP contribution in [-0.2, 0) is 11.3 Å². The number of amides is 1. The predicted molar refractivity (Wildman–Crippen MR) is 69.6 cm³/mol. The van der Waals surface area contributed by atoms with Crippen molar-refractivity contribution in [3.8, 4) is 0 Å². The Morgan fingerprint density at radius 3 is 3.00 bits per heavy atom. The number of imidazole rings is 1. The van der Waals surface area contributed by atoms with Gasteiger partial charge in [-0.2, -0.15) is 0 Å². The van der Waals surface area contributed by atoms with Crippen LogP contribution in [0.15, 0.2) is 41.4 Å². The molecule has 4 nitrogen and oxygen atoms in total. The lowest BCUT2D eigenvalue weighted by atomic mass is 10.3.